The minimum Gasteiger partial charge on any atom is -0.330 e. The van der Waals surface area contributed by atoms with E-state index in [-0.39, 0.29) is 0 Å². The Kier molecular flexibility index (Phi) is 5.70. The van der Waals surface area contributed by atoms with Crippen molar-refractivity contribution >= 4 is 0 Å². The first-order valence-corrected chi connectivity index (χ1v) is 8.63. The zero-order valence-electron chi connectivity index (χ0n) is 13.3. The molecule has 5 atom stereocenters. The summed E-state index contributed by atoms with van der Waals surface area (Å²) in [6, 6.07) is 1.59. The molecular weight excluding hydrogens is 232 g/mol. The summed E-state index contributed by atoms with van der Waals surface area (Å²) in [5.74, 6) is 2.55. The van der Waals surface area contributed by atoms with E-state index < -0.39 is 0 Å². The van der Waals surface area contributed by atoms with Gasteiger partial charge >= 0.3 is 0 Å². The van der Waals surface area contributed by atoms with Crippen molar-refractivity contribution in [1.82, 2.24) is 4.90 Å². The zero-order valence-corrected chi connectivity index (χ0v) is 13.3. The van der Waals surface area contributed by atoms with Crippen LogP contribution in [0.2, 0.25) is 0 Å². The van der Waals surface area contributed by atoms with Crippen LogP contribution in [0.4, 0.5) is 0 Å². The van der Waals surface area contributed by atoms with E-state index in [0.29, 0.717) is 0 Å². The Morgan fingerprint density at radius 1 is 1.00 bits per heavy atom. The summed E-state index contributed by atoms with van der Waals surface area (Å²) in [6.45, 7) is 9.35. The van der Waals surface area contributed by atoms with Gasteiger partial charge in [-0.05, 0) is 62.9 Å². The fourth-order valence-electron chi connectivity index (χ4n) is 4.76. The third-order valence-electron chi connectivity index (χ3n) is 5.78. The molecule has 2 fully saturated rings. The molecule has 19 heavy (non-hydrogen) atoms. The Labute approximate surface area is 120 Å². The molecule has 0 amide bonds. The van der Waals surface area contributed by atoms with E-state index in [9.17, 15) is 0 Å². The van der Waals surface area contributed by atoms with Crippen LogP contribution >= 0.6 is 0 Å². The lowest BCUT2D eigenvalue weighted by Gasteiger charge is -2.47. The van der Waals surface area contributed by atoms with Crippen LogP contribution in [0.3, 0.4) is 0 Å². The van der Waals surface area contributed by atoms with Gasteiger partial charge in [-0.15, -0.1) is 0 Å². The van der Waals surface area contributed by atoms with Crippen LogP contribution in [0.1, 0.15) is 65.7 Å². The average Bonchev–Trinajstić information content (AvgIpc) is 2.42. The summed E-state index contributed by atoms with van der Waals surface area (Å²) < 4.78 is 0. The van der Waals surface area contributed by atoms with Gasteiger partial charge in [0.25, 0.3) is 0 Å². The molecule has 0 aromatic rings. The molecule has 0 heterocycles. The topological polar surface area (TPSA) is 29.3 Å². The third-order valence-corrected chi connectivity index (χ3v) is 5.78. The molecular formula is C17H34N2. The standard InChI is InChI=1S/C17H34N2/c1-4-19(16-10-9-13(2)11-14(16)3)17-8-6-5-7-15(17)12-18/h13-17H,4-12,18H2,1-3H3. The maximum atomic E-state index is 6.05. The molecule has 0 bridgehead atoms. The van der Waals surface area contributed by atoms with E-state index in [4.69, 9.17) is 5.73 Å². The number of nitrogens with zero attached hydrogens (tertiary/aromatic N) is 1. The molecule has 0 aliphatic heterocycles. The first-order valence-electron chi connectivity index (χ1n) is 8.63. The van der Waals surface area contributed by atoms with E-state index in [1.165, 1.54) is 51.5 Å². The van der Waals surface area contributed by atoms with Gasteiger partial charge in [-0.1, -0.05) is 33.6 Å². The number of rotatable bonds is 4. The Bertz CT molecular complexity index is 266. The molecule has 2 aliphatic rings. The quantitative estimate of drug-likeness (QED) is 0.841. The van der Waals surface area contributed by atoms with E-state index in [0.717, 1.165) is 36.4 Å². The van der Waals surface area contributed by atoms with Crippen molar-refractivity contribution in [2.24, 2.45) is 23.5 Å². The van der Waals surface area contributed by atoms with Gasteiger partial charge < -0.3 is 5.73 Å². The van der Waals surface area contributed by atoms with Crippen LogP contribution in [0.25, 0.3) is 0 Å². The molecule has 0 aromatic heterocycles. The number of hydrogen-bond acceptors (Lipinski definition) is 2. The molecule has 5 unspecified atom stereocenters. The van der Waals surface area contributed by atoms with Crippen molar-refractivity contribution in [3.63, 3.8) is 0 Å². The predicted molar refractivity (Wildman–Crippen MR) is 83.1 cm³/mol. The molecule has 0 aromatic carbocycles. The van der Waals surface area contributed by atoms with E-state index >= 15 is 0 Å². The van der Waals surface area contributed by atoms with Gasteiger partial charge in [0, 0.05) is 12.1 Å². The van der Waals surface area contributed by atoms with Crippen LogP contribution in [0.15, 0.2) is 0 Å². The minimum absolute atomic E-state index is 0.750. The SMILES string of the molecule is CCN(C1CCC(C)CC1C)C1CCCCC1CN. The Balaban J connectivity index is 2.05. The lowest BCUT2D eigenvalue weighted by atomic mass is 9.76. The maximum absolute atomic E-state index is 6.05. The monoisotopic (exact) mass is 266 g/mol. The lowest BCUT2D eigenvalue weighted by molar-refractivity contribution is 0.0209. The van der Waals surface area contributed by atoms with Gasteiger partial charge in [0.1, 0.15) is 0 Å². The smallest absolute Gasteiger partial charge is 0.0138 e. The second-order valence-electron chi connectivity index (χ2n) is 7.14. The predicted octanol–water partition coefficient (Wildman–Crippen LogP) is 3.65. The molecule has 2 nitrogen and oxygen atoms in total. The summed E-state index contributed by atoms with van der Waals surface area (Å²) in [6.07, 6.45) is 9.79. The normalized spacial score (nSPS) is 40.6. The molecule has 2 N–H and O–H groups in total. The van der Waals surface area contributed by atoms with Crippen LogP contribution < -0.4 is 5.73 Å². The summed E-state index contributed by atoms with van der Waals surface area (Å²) in [5, 5.41) is 0. The number of hydrogen-bond donors (Lipinski definition) is 1. The van der Waals surface area contributed by atoms with Crippen molar-refractivity contribution in [2.45, 2.75) is 77.8 Å². The van der Waals surface area contributed by atoms with E-state index in [2.05, 4.69) is 25.7 Å². The third kappa shape index (κ3) is 3.52. The van der Waals surface area contributed by atoms with Crippen LogP contribution in [-0.4, -0.2) is 30.1 Å². The van der Waals surface area contributed by atoms with E-state index in [1.54, 1.807) is 0 Å². The Hall–Kier alpha value is -0.0800. The summed E-state index contributed by atoms with van der Waals surface area (Å²) in [7, 11) is 0. The van der Waals surface area contributed by atoms with Crippen molar-refractivity contribution in [3.05, 3.63) is 0 Å². The van der Waals surface area contributed by atoms with Gasteiger partial charge in [0.2, 0.25) is 0 Å². The molecule has 0 spiro atoms. The molecule has 0 radical (unpaired) electrons. The highest BCUT2D eigenvalue weighted by atomic mass is 15.2. The number of nitrogens with two attached hydrogens (primary N) is 1. The average molecular weight is 266 g/mol. The lowest BCUT2D eigenvalue weighted by Crippen LogP contribution is -2.53. The fraction of sp³-hybridized carbons (Fsp3) is 1.00. The highest BCUT2D eigenvalue weighted by Crippen LogP contribution is 2.36. The highest BCUT2D eigenvalue weighted by molar-refractivity contribution is 4.91. The first-order chi connectivity index (χ1) is 9.17. The molecule has 2 saturated carbocycles. The van der Waals surface area contributed by atoms with Gasteiger partial charge in [-0.2, -0.15) is 0 Å². The summed E-state index contributed by atoms with van der Waals surface area (Å²) >= 11 is 0. The Morgan fingerprint density at radius 3 is 2.37 bits per heavy atom. The molecule has 0 saturated heterocycles. The van der Waals surface area contributed by atoms with Gasteiger partial charge in [0.15, 0.2) is 0 Å². The van der Waals surface area contributed by atoms with Crippen molar-refractivity contribution in [3.8, 4) is 0 Å². The van der Waals surface area contributed by atoms with Gasteiger partial charge in [-0.25, -0.2) is 0 Å². The van der Waals surface area contributed by atoms with Crippen molar-refractivity contribution < 1.29 is 0 Å². The summed E-state index contributed by atoms with van der Waals surface area (Å²) in [5.41, 5.74) is 6.05. The minimum atomic E-state index is 0.750. The van der Waals surface area contributed by atoms with Gasteiger partial charge in [0.05, 0.1) is 0 Å². The van der Waals surface area contributed by atoms with Crippen LogP contribution in [0, 0.1) is 17.8 Å². The van der Waals surface area contributed by atoms with Crippen molar-refractivity contribution in [2.75, 3.05) is 13.1 Å². The second-order valence-corrected chi connectivity index (χ2v) is 7.14. The van der Waals surface area contributed by atoms with E-state index in [1.807, 2.05) is 0 Å². The molecule has 2 rings (SSSR count). The largest absolute Gasteiger partial charge is 0.330 e. The fourth-order valence-corrected chi connectivity index (χ4v) is 4.76. The maximum Gasteiger partial charge on any atom is 0.0138 e. The zero-order chi connectivity index (χ0) is 13.8. The molecule has 2 heteroatoms. The molecule has 2 aliphatic carbocycles. The summed E-state index contributed by atoms with van der Waals surface area (Å²) in [4.78, 5) is 2.84. The van der Waals surface area contributed by atoms with Crippen LogP contribution in [0.5, 0.6) is 0 Å². The van der Waals surface area contributed by atoms with Crippen LogP contribution in [-0.2, 0) is 0 Å². The Morgan fingerprint density at radius 2 is 1.74 bits per heavy atom. The highest BCUT2D eigenvalue weighted by Gasteiger charge is 2.36. The van der Waals surface area contributed by atoms with Crippen molar-refractivity contribution in [1.29, 1.82) is 0 Å². The second kappa shape index (κ2) is 7.08. The van der Waals surface area contributed by atoms with Gasteiger partial charge in [-0.3, -0.25) is 4.90 Å². The first kappa shape index (κ1) is 15.3. The molecule has 112 valence electrons.